The maximum atomic E-state index is 12.6. The van der Waals surface area contributed by atoms with Gasteiger partial charge in [0.1, 0.15) is 0 Å². The molecule has 24 heavy (non-hydrogen) atoms. The number of rotatable bonds is 7. The van der Waals surface area contributed by atoms with Crippen LogP contribution in [0.25, 0.3) is 0 Å². The molecule has 1 unspecified atom stereocenters. The van der Waals surface area contributed by atoms with Gasteiger partial charge in [-0.05, 0) is 25.1 Å². The van der Waals surface area contributed by atoms with E-state index in [1.165, 1.54) is 6.92 Å². The van der Waals surface area contributed by atoms with Gasteiger partial charge in [0.15, 0.2) is 0 Å². The monoisotopic (exact) mass is 368 g/mol. The predicted molar refractivity (Wildman–Crippen MR) is 76.5 cm³/mol. The Kier molecular flexibility index (Phi) is 6.32. The van der Waals surface area contributed by atoms with Gasteiger partial charge in [-0.2, -0.15) is 13.2 Å². The van der Waals surface area contributed by atoms with Gasteiger partial charge in [-0.15, -0.1) is 0 Å². The summed E-state index contributed by atoms with van der Waals surface area (Å²) in [5.41, 5.74) is -1.13. The molecule has 0 heterocycles. The van der Waals surface area contributed by atoms with Crippen molar-refractivity contribution in [2.24, 2.45) is 0 Å². The zero-order valence-electron chi connectivity index (χ0n) is 12.4. The topological polar surface area (TPSA) is 113 Å². The molecular weight excluding hydrogens is 353 g/mol. The van der Waals surface area contributed by atoms with Gasteiger partial charge in [0.25, 0.3) is 0 Å². The van der Waals surface area contributed by atoms with Gasteiger partial charge < -0.3 is 10.4 Å². The summed E-state index contributed by atoms with van der Waals surface area (Å²) in [6.45, 7) is 0.676. The highest BCUT2D eigenvalue weighted by Crippen LogP contribution is 2.30. The van der Waals surface area contributed by atoms with Crippen LogP contribution in [-0.2, 0) is 25.8 Å². The number of carbonyl (C=O) groups excluding carboxylic acids is 1. The number of carbonyl (C=O) groups is 2. The molecule has 1 rings (SSSR count). The Morgan fingerprint density at radius 3 is 2.46 bits per heavy atom. The number of aliphatic carboxylic acids is 1. The SMILES string of the molecule is CC(CC(=O)O)NC(=O)CNS(=O)(=O)c1cccc(C(F)(F)F)c1. The van der Waals surface area contributed by atoms with Crippen molar-refractivity contribution < 1.29 is 36.3 Å². The quantitative estimate of drug-likeness (QED) is 0.664. The zero-order chi connectivity index (χ0) is 18.5. The first-order chi connectivity index (χ1) is 10.9. The lowest BCUT2D eigenvalue weighted by atomic mass is 10.2. The number of hydrogen-bond acceptors (Lipinski definition) is 4. The number of nitrogens with one attached hydrogen (secondary N) is 2. The van der Waals surface area contributed by atoms with Gasteiger partial charge in [-0.1, -0.05) is 6.07 Å². The molecule has 0 bridgehead atoms. The summed E-state index contributed by atoms with van der Waals surface area (Å²) in [5, 5.41) is 10.8. The van der Waals surface area contributed by atoms with Crippen LogP contribution in [0.2, 0.25) is 0 Å². The molecule has 1 amide bonds. The van der Waals surface area contributed by atoms with E-state index in [4.69, 9.17) is 5.11 Å². The molecule has 1 atom stereocenters. The maximum absolute atomic E-state index is 12.6. The zero-order valence-corrected chi connectivity index (χ0v) is 13.2. The minimum absolute atomic E-state index is 0.355. The first-order valence-electron chi connectivity index (χ1n) is 6.60. The second-order valence-corrected chi connectivity index (χ2v) is 6.68. The van der Waals surface area contributed by atoms with Crippen molar-refractivity contribution in [1.29, 1.82) is 0 Å². The Bertz CT molecular complexity index is 719. The molecule has 0 aliphatic carbocycles. The third-order valence-electron chi connectivity index (χ3n) is 2.78. The molecular formula is C13H15F3N2O5S. The summed E-state index contributed by atoms with van der Waals surface area (Å²) in [5.74, 6) is -1.95. The van der Waals surface area contributed by atoms with Crippen LogP contribution in [0.4, 0.5) is 13.2 Å². The van der Waals surface area contributed by atoms with Crippen molar-refractivity contribution in [2.45, 2.75) is 30.5 Å². The van der Waals surface area contributed by atoms with E-state index in [-0.39, 0.29) is 6.42 Å². The molecule has 3 N–H and O–H groups in total. The highest BCUT2D eigenvalue weighted by molar-refractivity contribution is 7.89. The van der Waals surface area contributed by atoms with Crippen LogP contribution in [0.1, 0.15) is 18.9 Å². The summed E-state index contributed by atoms with van der Waals surface area (Å²) in [6.07, 6.45) is -5.05. The van der Waals surface area contributed by atoms with Gasteiger partial charge in [0, 0.05) is 6.04 Å². The van der Waals surface area contributed by atoms with E-state index in [1.807, 2.05) is 4.72 Å². The van der Waals surface area contributed by atoms with Crippen molar-refractivity contribution in [1.82, 2.24) is 10.0 Å². The first-order valence-corrected chi connectivity index (χ1v) is 8.08. The lowest BCUT2D eigenvalue weighted by Gasteiger charge is -2.13. The lowest BCUT2D eigenvalue weighted by Crippen LogP contribution is -2.41. The number of alkyl halides is 3. The minimum atomic E-state index is -4.70. The van der Waals surface area contributed by atoms with Crippen LogP contribution in [0.3, 0.4) is 0 Å². The Balaban J connectivity index is 2.74. The lowest BCUT2D eigenvalue weighted by molar-refractivity contribution is -0.138. The molecule has 0 saturated heterocycles. The second-order valence-electron chi connectivity index (χ2n) is 4.92. The summed E-state index contributed by atoms with van der Waals surface area (Å²) in [6, 6.07) is 2.34. The third kappa shape index (κ3) is 6.16. The number of hydrogen-bond donors (Lipinski definition) is 3. The molecule has 0 saturated carbocycles. The van der Waals surface area contributed by atoms with E-state index in [2.05, 4.69) is 5.32 Å². The fraction of sp³-hybridized carbons (Fsp3) is 0.385. The molecule has 0 aromatic heterocycles. The van der Waals surface area contributed by atoms with E-state index in [9.17, 15) is 31.2 Å². The van der Waals surface area contributed by atoms with Gasteiger partial charge in [0.2, 0.25) is 15.9 Å². The van der Waals surface area contributed by atoms with Crippen molar-refractivity contribution in [2.75, 3.05) is 6.54 Å². The van der Waals surface area contributed by atoms with Crippen LogP contribution >= 0.6 is 0 Å². The number of carboxylic acids is 1. The average molecular weight is 368 g/mol. The second kappa shape index (κ2) is 7.62. The van der Waals surface area contributed by atoms with Crippen LogP contribution < -0.4 is 10.0 Å². The number of carboxylic acid groups (broad SMARTS) is 1. The molecule has 11 heteroatoms. The molecule has 1 aromatic carbocycles. The molecule has 7 nitrogen and oxygen atoms in total. The van der Waals surface area contributed by atoms with Crippen molar-refractivity contribution in [3.63, 3.8) is 0 Å². The van der Waals surface area contributed by atoms with Gasteiger partial charge in [-0.3, -0.25) is 9.59 Å². The molecule has 0 aliphatic heterocycles. The van der Waals surface area contributed by atoms with Crippen LogP contribution in [-0.4, -0.2) is 38.0 Å². The molecule has 0 fully saturated rings. The highest BCUT2D eigenvalue weighted by Gasteiger charge is 2.31. The molecule has 134 valence electrons. The van der Waals surface area contributed by atoms with E-state index in [0.717, 1.165) is 18.2 Å². The molecule has 0 spiro atoms. The van der Waals surface area contributed by atoms with Crippen LogP contribution in [0.5, 0.6) is 0 Å². The van der Waals surface area contributed by atoms with Crippen LogP contribution in [0, 0.1) is 0 Å². The Hall–Kier alpha value is -2.14. The molecule has 0 radical (unpaired) electrons. The molecule has 1 aromatic rings. The first kappa shape index (κ1) is 19.9. The van der Waals surface area contributed by atoms with E-state index < -0.39 is 51.1 Å². The normalized spacial score (nSPS) is 13.3. The summed E-state index contributed by atoms with van der Waals surface area (Å²) < 4.78 is 63.5. The Morgan fingerprint density at radius 2 is 1.92 bits per heavy atom. The van der Waals surface area contributed by atoms with Crippen molar-refractivity contribution in [3.05, 3.63) is 29.8 Å². The number of halogens is 3. The minimum Gasteiger partial charge on any atom is -0.481 e. The fourth-order valence-electron chi connectivity index (χ4n) is 1.72. The largest absolute Gasteiger partial charge is 0.481 e. The predicted octanol–water partition coefficient (Wildman–Crippen LogP) is 0.963. The highest BCUT2D eigenvalue weighted by atomic mass is 32.2. The van der Waals surface area contributed by atoms with Gasteiger partial charge >= 0.3 is 12.1 Å². The number of amides is 1. The van der Waals surface area contributed by atoms with E-state index >= 15 is 0 Å². The summed E-state index contributed by atoms with van der Waals surface area (Å²) in [7, 11) is -4.32. The van der Waals surface area contributed by atoms with E-state index in [1.54, 1.807) is 0 Å². The number of sulfonamides is 1. The van der Waals surface area contributed by atoms with Crippen molar-refractivity contribution in [3.8, 4) is 0 Å². The van der Waals surface area contributed by atoms with Crippen molar-refractivity contribution >= 4 is 21.9 Å². The summed E-state index contributed by atoms with van der Waals surface area (Å²) in [4.78, 5) is 21.3. The fourth-order valence-corrected chi connectivity index (χ4v) is 2.75. The van der Waals surface area contributed by atoms with Gasteiger partial charge in [-0.25, -0.2) is 13.1 Å². The summed E-state index contributed by atoms with van der Waals surface area (Å²) >= 11 is 0. The molecule has 0 aliphatic rings. The van der Waals surface area contributed by atoms with E-state index in [0.29, 0.717) is 6.07 Å². The Labute approximate surface area is 135 Å². The van der Waals surface area contributed by atoms with Gasteiger partial charge in [0.05, 0.1) is 23.4 Å². The third-order valence-corrected chi connectivity index (χ3v) is 4.18. The smallest absolute Gasteiger partial charge is 0.416 e. The maximum Gasteiger partial charge on any atom is 0.416 e. The number of benzene rings is 1. The Morgan fingerprint density at radius 1 is 1.29 bits per heavy atom. The van der Waals surface area contributed by atoms with Crippen LogP contribution in [0.15, 0.2) is 29.2 Å². The average Bonchev–Trinajstić information content (AvgIpc) is 2.43. The standard InChI is InChI=1S/C13H15F3N2O5S/c1-8(5-12(20)21)18-11(19)7-17-24(22,23)10-4-2-3-9(6-10)13(14,15)16/h2-4,6,8,17H,5,7H2,1H3,(H,18,19)(H,20,21).